The first-order valence-electron chi connectivity index (χ1n) is 9.05. The number of thiazole rings is 1. The van der Waals surface area contributed by atoms with Crippen LogP contribution in [-0.4, -0.2) is 30.0 Å². The molecule has 1 aliphatic rings. The molecule has 1 heterocycles. The quantitative estimate of drug-likeness (QED) is 0.780. The molecule has 3 rings (SSSR count). The number of hydrogen-bond donors (Lipinski definition) is 2. The van der Waals surface area contributed by atoms with Gasteiger partial charge in [-0.3, -0.25) is 4.79 Å². The predicted molar refractivity (Wildman–Crippen MR) is 105 cm³/mol. The van der Waals surface area contributed by atoms with Crippen LogP contribution in [0, 0.1) is 11.3 Å². The third kappa shape index (κ3) is 4.79. The number of hydrogen-bond acceptors (Lipinski definition) is 6. The molecule has 1 saturated carbocycles. The van der Waals surface area contributed by atoms with Crippen LogP contribution in [0.3, 0.4) is 0 Å². The molecule has 1 amide bonds. The summed E-state index contributed by atoms with van der Waals surface area (Å²) in [5, 5.41) is 13.8. The minimum absolute atomic E-state index is 0.0122. The summed E-state index contributed by atoms with van der Waals surface area (Å²) in [7, 11) is 1.75. The van der Waals surface area contributed by atoms with Crippen LogP contribution in [0.1, 0.15) is 47.3 Å². The van der Waals surface area contributed by atoms with Gasteiger partial charge in [0.1, 0.15) is 5.69 Å². The summed E-state index contributed by atoms with van der Waals surface area (Å²) in [6.45, 7) is 0. The minimum Gasteiger partial charge on any atom is -0.375 e. The number of benzene rings is 1. The summed E-state index contributed by atoms with van der Waals surface area (Å²) in [6.07, 6.45) is -1.71. The number of nitriles is 1. The molecule has 29 heavy (non-hydrogen) atoms. The van der Waals surface area contributed by atoms with Crippen LogP contribution in [0.4, 0.5) is 24.0 Å². The van der Waals surface area contributed by atoms with Crippen molar-refractivity contribution >= 4 is 28.1 Å². The van der Waals surface area contributed by atoms with Gasteiger partial charge in [0, 0.05) is 30.2 Å². The van der Waals surface area contributed by atoms with Gasteiger partial charge in [-0.15, -0.1) is 11.3 Å². The molecule has 0 radical (unpaired) electrons. The first kappa shape index (κ1) is 20.9. The molecule has 1 aromatic carbocycles. The zero-order valence-electron chi connectivity index (χ0n) is 15.7. The fourth-order valence-electron chi connectivity index (χ4n) is 3.55. The molecule has 0 aliphatic heterocycles. The van der Waals surface area contributed by atoms with Crippen LogP contribution in [0.5, 0.6) is 0 Å². The Hall–Kier alpha value is -2.80. The van der Waals surface area contributed by atoms with Crippen molar-refractivity contribution in [3.63, 3.8) is 0 Å². The van der Waals surface area contributed by atoms with Crippen molar-refractivity contribution < 1.29 is 18.0 Å². The number of halogens is 3. The highest BCUT2D eigenvalue weighted by atomic mass is 32.1. The van der Waals surface area contributed by atoms with Crippen molar-refractivity contribution in [2.24, 2.45) is 0 Å². The highest BCUT2D eigenvalue weighted by Crippen LogP contribution is 2.35. The van der Waals surface area contributed by atoms with Gasteiger partial charge < -0.3 is 16.0 Å². The first-order valence-corrected chi connectivity index (χ1v) is 9.93. The molecule has 6 nitrogen and oxygen atoms in total. The first-order chi connectivity index (χ1) is 13.7. The second-order valence-corrected chi connectivity index (χ2v) is 7.89. The molecule has 0 atom stereocenters. The molecule has 0 bridgehead atoms. The molecule has 154 valence electrons. The van der Waals surface area contributed by atoms with E-state index in [0.29, 0.717) is 29.4 Å². The second kappa shape index (κ2) is 8.29. The Labute approximate surface area is 170 Å². The Bertz CT molecular complexity index is 929. The van der Waals surface area contributed by atoms with Crippen molar-refractivity contribution in [3.8, 4) is 6.07 Å². The Morgan fingerprint density at radius 1 is 1.34 bits per heavy atom. The van der Waals surface area contributed by atoms with E-state index in [1.807, 2.05) is 4.90 Å². The van der Waals surface area contributed by atoms with Gasteiger partial charge in [0.25, 0.3) is 5.91 Å². The van der Waals surface area contributed by atoms with Crippen molar-refractivity contribution in [2.75, 3.05) is 17.7 Å². The topological polar surface area (TPSA) is 95.0 Å². The average molecular weight is 423 g/mol. The van der Waals surface area contributed by atoms with Crippen LogP contribution in [-0.2, 0) is 6.18 Å². The van der Waals surface area contributed by atoms with Crippen molar-refractivity contribution in [2.45, 2.75) is 43.9 Å². The number of rotatable bonds is 4. The molecule has 2 aromatic rings. The van der Waals surface area contributed by atoms with Crippen LogP contribution in [0.2, 0.25) is 0 Å². The van der Waals surface area contributed by atoms with Gasteiger partial charge >= 0.3 is 6.18 Å². The van der Waals surface area contributed by atoms with Gasteiger partial charge in [0.15, 0.2) is 5.13 Å². The second-order valence-electron chi connectivity index (χ2n) is 7.00. The molecule has 0 spiro atoms. The van der Waals surface area contributed by atoms with E-state index in [9.17, 15) is 18.0 Å². The lowest BCUT2D eigenvalue weighted by molar-refractivity contribution is -0.137. The largest absolute Gasteiger partial charge is 0.417 e. The van der Waals surface area contributed by atoms with E-state index < -0.39 is 11.7 Å². The van der Waals surface area contributed by atoms with E-state index in [2.05, 4.69) is 10.3 Å². The van der Waals surface area contributed by atoms with Crippen molar-refractivity contribution in [1.82, 2.24) is 10.3 Å². The van der Waals surface area contributed by atoms with E-state index in [4.69, 9.17) is 11.0 Å². The lowest BCUT2D eigenvalue weighted by Gasteiger charge is -2.36. The number of alkyl halides is 3. The maximum atomic E-state index is 13.2. The highest BCUT2D eigenvalue weighted by Gasteiger charge is 2.34. The molecule has 0 unspecified atom stereocenters. The van der Waals surface area contributed by atoms with Gasteiger partial charge in [-0.25, -0.2) is 4.98 Å². The number of anilines is 2. The minimum atomic E-state index is -4.58. The third-order valence-corrected chi connectivity index (χ3v) is 5.84. The van der Waals surface area contributed by atoms with Crippen LogP contribution in [0.15, 0.2) is 23.6 Å². The van der Waals surface area contributed by atoms with Gasteiger partial charge in [0.2, 0.25) is 0 Å². The summed E-state index contributed by atoms with van der Waals surface area (Å²) in [4.78, 5) is 18.0. The Morgan fingerprint density at radius 3 is 2.59 bits per heavy atom. The molecular formula is C19H20F3N5OS. The van der Waals surface area contributed by atoms with E-state index in [0.717, 1.165) is 18.9 Å². The summed E-state index contributed by atoms with van der Waals surface area (Å²) in [5.74, 6) is -0.267. The number of nitrogens with two attached hydrogens (primary N) is 1. The van der Waals surface area contributed by atoms with E-state index in [-0.39, 0.29) is 23.6 Å². The van der Waals surface area contributed by atoms with Crippen molar-refractivity contribution in [1.29, 1.82) is 5.26 Å². The smallest absolute Gasteiger partial charge is 0.375 e. The Kier molecular flexibility index (Phi) is 5.98. The van der Waals surface area contributed by atoms with Crippen LogP contribution < -0.4 is 16.0 Å². The Morgan fingerprint density at radius 2 is 2.03 bits per heavy atom. The predicted octanol–water partition coefficient (Wildman–Crippen LogP) is 3.79. The fraction of sp³-hybridized carbons (Fsp3) is 0.421. The number of nitrogens with one attached hydrogen (secondary N) is 1. The lowest BCUT2D eigenvalue weighted by atomic mass is 9.90. The Balaban J connectivity index is 1.62. The number of aromatic nitrogens is 1. The van der Waals surface area contributed by atoms with Gasteiger partial charge in [-0.1, -0.05) is 0 Å². The van der Waals surface area contributed by atoms with Gasteiger partial charge in [-0.2, -0.15) is 18.4 Å². The molecule has 1 aromatic heterocycles. The zero-order valence-corrected chi connectivity index (χ0v) is 16.5. The number of amides is 1. The molecule has 3 N–H and O–H groups in total. The van der Waals surface area contributed by atoms with Gasteiger partial charge in [0.05, 0.1) is 17.2 Å². The number of carbonyl (C=O) groups excluding carboxylic acids is 1. The average Bonchev–Trinajstić information content (AvgIpc) is 3.13. The normalized spacial score (nSPS) is 19.4. The lowest BCUT2D eigenvalue weighted by Crippen LogP contribution is -2.43. The highest BCUT2D eigenvalue weighted by molar-refractivity contribution is 7.13. The zero-order chi connectivity index (χ0) is 21.2. The fourth-order valence-corrected chi connectivity index (χ4v) is 4.10. The summed E-state index contributed by atoms with van der Waals surface area (Å²) in [6, 6.07) is 5.40. The van der Waals surface area contributed by atoms with Gasteiger partial charge in [-0.05, 0) is 43.9 Å². The van der Waals surface area contributed by atoms with E-state index >= 15 is 0 Å². The van der Waals surface area contributed by atoms with Crippen LogP contribution in [0.25, 0.3) is 0 Å². The molecule has 1 aliphatic carbocycles. The standard InChI is InChI=1S/C19H20F3N5OS/c1-27(14-5-2-11(9-23)15(8-14)19(20,21)22)13-6-3-12(4-7-13)25-17(28)16-10-29-18(24)26-16/h2,5,8,10,12-13H,3-4,6-7H2,1H3,(H2,24,26)(H,25,28). The monoisotopic (exact) mass is 423 g/mol. The number of carbonyl (C=O) groups is 1. The summed E-state index contributed by atoms with van der Waals surface area (Å²) >= 11 is 1.20. The SMILES string of the molecule is CN(c1ccc(C#N)c(C(F)(F)F)c1)C1CCC(NC(=O)c2csc(N)n2)CC1. The molecule has 1 fully saturated rings. The van der Waals surface area contributed by atoms with E-state index in [1.54, 1.807) is 18.5 Å². The maximum Gasteiger partial charge on any atom is 0.417 e. The number of nitrogen functional groups attached to an aromatic ring is 1. The van der Waals surface area contributed by atoms with E-state index in [1.165, 1.54) is 23.5 Å². The summed E-state index contributed by atoms with van der Waals surface area (Å²) < 4.78 is 39.6. The number of nitrogens with zero attached hydrogens (tertiary/aromatic N) is 3. The summed E-state index contributed by atoms with van der Waals surface area (Å²) in [5.41, 5.74) is 4.95. The molecular weight excluding hydrogens is 403 g/mol. The molecule has 10 heteroatoms. The molecule has 0 saturated heterocycles. The maximum absolute atomic E-state index is 13.2. The van der Waals surface area contributed by atoms with Crippen LogP contribution >= 0.6 is 11.3 Å². The third-order valence-electron chi connectivity index (χ3n) is 5.17. The van der Waals surface area contributed by atoms with Crippen molar-refractivity contribution in [3.05, 3.63) is 40.4 Å².